The maximum Gasteiger partial charge on any atom is 0.234 e. The average molecular weight is 266 g/mol. The summed E-state index contributed by atoms with van der Waals surface area (Å²) in [6.45, 7) is 0.170. The van der Waals surface area contributed by atoms with Gasteiger partial charge in [-0.05, 0) is 24.1 Å². The molecule has 1 aliphatic heterocycles. The predicted molar refractivity (Wildman–Crippen MR) is 67.1 cm³/mol. The number of carbonyl (C=O) groups is 2. The second-order valence-corrected chi connectivity index (χ2v) is 4.39. The van der Waals surface area contributed by atoms with Gasteiger partial charge in [-0.25, -0.2) is 4.39 Å². The van der Waals surface area contributed by atoms with Gasteiger partial charge in [0, 0.05) is 13.0 Å². The van der Waals surface area contributed by atoms with Gasteiger partial charge in [-0.2, -0.15) is 0 Å². The highest BCUT2D eigenvalue weighted by Gasteiger charge is 2.28. The van der Waals surface area contributed by atoms with Gasteiger partial charge in [0.1, 0.15) is 5.82 Å². The third-order valence-electron chi connectivity index (χ3n) is 3.06. The van der Waals surface area contributed by atoms with Crippen LogP contribution in [0.3, 0.4) is 0 Å². The van der Waals surface area contributed by atoms with Gasteiger partial charge in [0.2, 0.25) is 11.8 Å². The molecule has 1 aromatic carbocycles. The van der Waals surface area contributed by atoms with Crippen molar-refractivity contribution in [1.82, 2.24) is 5.32 Å². The van der Waals surface area contributed by atoms with Gasteiger partial charge in [-0.1, -0.05) is 6.07 Å². The summed E-state index contributed by atoms with van der Waals surface area (Å²) in [5.74, 6) is -1.63. The van der Waals surface area contributed by atoms with Crippen LogP contribution in [0.25, 0.3) is 0 Å². The first-order valence-electron chi connectivity index (χ1n) is 6.09. The Morgan fingerprint density at radius 2 is 2.21 bits per heavy atom. The maximum atomic E-state index is 13.8. The Hall–Kier alpha value is -1.95. The molecule has 1 unspecified atom stereocenters. The molecule has 0 aliphatic carbocycles. The number of aliphatic hydroxyl groups is 1. The summed E-state index contributed by atoms with van der Waals surface area (Å²) in [7, 11) is 0. The molecule has 6 heteroatoms. The highest BCUT2D eigenvalue weighted by atomic mass is 19.1. The molecule has 102 valence electrons. The quantitative estimate of drug-likeness (QED) is 0.703. The monoisotopic (exact) mass is 266 g/mol. The molecule has 0 spiro atoms. The zero-order valence-electron chi connectivity index (χ0n) is 10.3. The highest BCUT2D eigenvalue weighted by molar-refractivity contribution is 6.00. The zero-order chi connectivity index (χ0) is 13.8. The number of piperidine rings is 1. The Labute approximate surface area is 109 Å². The second kappa shape index (κ2) is 5.79. The van der Waals surface area contributed by atoms with Crippen LogP contribution in [-0.4, -0.2) is 30.1 Å². The van der Waals surface area contributed by atoms with Crippen molar-refractivity contribution in [2.45, 2.75) is 18.8 Å². The van der Waals surface area contributed by atoms with Crippen LogP contribution in [0.2, 0.25) is 0 Å². The molecule has 19 heavy (non-hydrogen) atoms. The summed E-state index contributed by atoms with van der Waals surface area (Å²) in [4.78, 5) is 22.7. The van der Waals surface area contributed by atoms with E-state index in [2.05, 4.69) is 10.6 Å². The summed E-state index contributed by atoms with van der Waals surface area (Å²) in [6.07, 6.45) is 0.663. The fraction of sp³-hybridized carbons (Fsp3) is 0.385. The molecular formula is C13H15FN2O3. The molecule has 2 amide bonds. The van der Waals surface area contributed by atoms with E-state index in [1.54, 1.807) is 6.07 Å². The molecular weight excluding hydrogens is 251 g/mol. The molecule has 5 nitrogen and oxygen atoms in total. The zero-order valence-corrected chi connectivity index (χ0v) is 10.3. The fourth-order valence-electron chi connectivity index (χ4n) is 2.09. The number of anilines is 1. The van der Waals surface area contributed by atoms with Crippen molar-refractivity contribution in [2.75, 3.05) is 18.5 Å². The molecule has 1 saturated heterocycles. The summed E-state index contributed by atoms with van der Waals surface area (Å²) in [5, 5.41) is 13.6. The van der Waals surface area contributed by atoms with Crippen molar-refractivity contribution in [2.24, 2.45) is 0 Å². The van der Waals surface area contributed by atoms with Crippen molar-refractivity contribution < 1.29 is 19.1 Å². The normalized spacial score (nSPS) is 19.2. The van der Waals surface area contributed by atoms with Gasteiger partial charge in [-0.3, -0.25) is 14.9 Å². The fourth-order valence-corrected chi connectivity index (χ4v) is 2.09. The summed E-state index contributed by atoms with van der Waals surface area (Å²) >= 11 is 0. The van der Waals surface area contributed by atoms with Gasteiger partial charge in [0.05, 0.1) is 18.2 Å². The number of rotatable bonds is 4. The number of hydrogen-bond donors (Lipinski definition) is 3. The number of carbonyl (C=O) groups excluding carboxylic acids is 2. The van der Waals surface area contributed by atoms with Crippen molar-refractivity contribution in [1.29, 1.82) is 0 Å². The first-order chi connectivity index (χ1) is 9.11. The summed E-state index contributed by atoms with van der Waals surface area (Å²) < 4.78 is 13.8. The number of benzene rings is 1. The lowest BCUT2D eigenvalue weighted by atomic mass is 9.90. The van der Waals surface area contributed by atoms with Crippen LogP contribution in [0, 0.1) is 5.82 Å². The van der Waals surface area contributed by atoms with Gasteiger partial charge in [0.25, 0.3) is 0 Å². The van der Waals surface area contributed by atoms with E-state index < -0.39 is 11.7 Å². The van der Waals surface area contributed by atoms with Crippen LogP contribution in [0.4, 0.5) is 10.1 Å². The molecule has 2 rings (SSSR count). The molecule has 1 aromatic rings. The standard InChI is InChI=1S/C13H15FN2O3/c14-10-7-8(1-3-11(10)15-5-6-17)9-2-4-12(18)16-13(9)19/h1,3,7,9,15,17H,2,4-6H2,(H,16,18,19). The topological polar surface area (TPSA) is 78.4 Å². The molecule has 1 aliphatic rings. The van der Waals surface area contributed by atoms with Gasteiger partial charge < -0.3 is 10.4 Å². The largest absolute Gasteiger partial charge is 0.395 e. The number of aliphatic hydroxyl groups excluding tert-OH is 1. The van der Waals surface area contributed by atoms with E-state index in [0.717, 1.165) is 0 Å². The summed E-state index contributed by atoms with van der Waals surface area (Å²) in [5.41, 5.74) is 0.835. The lowest BCUT2D eigenvalue weighted by molar-refractivity contribution is -0.134. The molecule has 3 N–H and O–H groups in total. The van der Waals surface area contributed by atoms with Crippen LogP contribution in [-0.2, 0) is 9.59 Å². The van der Waals surface area contributed by atoms with Crippen LogP contribution < -0.4 is 10.6 Å². The molecule has 0 radical (unpaired) electrons. The lowest BCUT2D eigenvalue weighted by Crippen LogP contribution is -2.39. The van der Waals surface area contributed by atoms with E-state index in [1.807, 2.05) is 0 Å². The Kier molecular flexibility index (Phi) is 4.11. The molecule has 0 saturated carbocycles. The maximum absolute atomic E-state index is 13.8. The Morgan fingerprint density at radius 1 is 1.42 bits per heavy atom. The van der Waals surface area contributed by atoms with E-state index >= 15 is 0 Å². The van der Waals surface area contributed by atoms with Crippen LogP contribution in [0.5, 0.6) is 0 Å². The third-order valence-corrected chi connectivity index (χ3v) is 3.06. The number of nitrogens with one attached hydrogen (secondary N) is 2. The van der Waals surface area contributed by atoms with Crippen LogP contribution in [0.15, 0.2) is 18.2 Å². The van der Waals surface area contributed by atoms with E-state index in [9.17, 15) is 14.0 Å². The highest BCUT2D eigenvalue weighted by Crippen LogP contribution is 2.27. The molecule has 0 aromatic heterocycles. The van der Waals surface area contributed by atoms with E-state index in [0.29, 0.717) is 12.0 Å². The summed E-state index contributed by atoms with van der Waals surface area (Å²) in [6, 6.07) is 4.48. The number of halogens is 1. The molecule has 0 bridgehead atoms. The predicted octanol–water partition coefficient (Wildman–Crippen LogP) is 0.750. The van der Waals surface area contributed by atoms with Gasteiger partial charge in [0.15, 0.2) is 0 Å². The second-order valence-electron chi connectivity index (χ2n) is 4.39. The van der Waals surface area contributed by atoms with E-state index in [-0.39, 0.29) is 37.1 Å². The van der Waals surface area contributed by atoms with Crippen LogP contribution in [0.1, 0.15) is 24.3 Å². The van der Waals surface area contributed by atoms with Crippen LogP contribution >= 0.6 is 0 Å². The first-order valence-corrected chi connectivity index (χ1v) is 6.09. The molecule has 1 fully saturated rings. The van der Waals surface area contributed by atoms with Crippen molar-refractivity contribution in [3.63, 3.8) is 0 Å². The Balaban J connectivity index is 2.15. The Morgan fingerprint density at radius 3 is 2.84 bits per heavy atom. The van der Waals surface area contributed by atoms with Crippen molar-refractivity contribution >= 4 is 17.5 Å². The van der Waals surface area contributed by atoms with E-state index in [1.165, 1.54) is 12.1 Å². The van der Waals surface area contributed by atoms with Crippen molar-refractivity contribution in [3.8, 4) is 0 Å². The smallest absolute Gasteiger partial charge is 0.234 e. The Bertz CT molecular complexity index is 505. The third kappa shape index (κ3) is 3.08. The van der Waals surface area contributed by atoms with Gasteiger partial charge in [-0.15, -0.1) is 0 Å². The minimum Gasteiger partial charge on any atom is -0.395 e. The van der Waals surface area contributed by atoms with Gasteiger partial charge >= 0.3 is 0 Å². The minimum atomic E-state index is -0.487. The number of amides is 2. The number of imide groups is 1. The molecule has 1 heterocycles. The molecule has 1 atom stereocenters. The van der Waals surface area contributed by atoms with E-state index in [4.69, 9.17) is 5.11 Å². The average Bonchev–Trinajstić information content (AvgIpc) is 2.37. The SMILES string of the molecule is O=C1CCC(c2ccc(NCCO)c(F)c2)C(=O)N1. The lowest BCUT2D eigenvalue weighted by Gasteiger charge is -2.21. The first kappa shape index (κ1) is 13.5. The van der Waals surface area contributed by atoms with Crippen molar-refractivity contribution in [3.05, 3.63) is 29.6 Å². The number of hydrogen-bond acceptors (Lipinski definition) is 4. The minimum absolute atomic E-state index is 0.0890.